The first kappa shape index (κ1) is 15.1. The zero-order chi connectivity index (χ0) is 13.4. The fourth-order valence-corrected chi connectivity index (χ4v) is 1.94. The average Bonchev–Trinajstić information content (AvgIpc) is 2.35. The van der Waals surface area contributed by atoms with Crippen LogP contribution in [0.25, 0.3) is 0 Å². The minimum absolute atomic E-state index is 0.0699. The van der Waals surface area contributed by atoms with Crippen LogP contribution in [0.5, 0.6) is 5.75 Å². The average molecular weight is 268 g/mol. The van der Waals surface area contributed by atoms with Crippen molar-refractivity contribution < 1.29 is 4.74 Å². The topological polar surface area (TPSA) is 35.2 Å². The van der Waals surface area contributed by atoms with Crippen LogP contribution in [0.15, 0.2) is 30.9 Å². The molecule has 0 aromatic heterocycles. The van der Waals surface area contributed by atoms with Crippen molar-refractivity contribution in [3.8, 4) is 5.75 Å². The van der Waals surface area contributed by atoms with Crippen LogP contribution in [-0.4, -0.2) is 6.61 Å². The van der Waals surface area contributed by atoms with E-state index in [2.05, 4.69) is 6.58 Å². The molecule has 0 radical (unpaired) electrons. The fraction of sp³-hybridized carbons (Fsp3) is 0.467. The van der Waals surface area contributed by atoms with Gasteiger partial charge in [-0.2, -0.15) is 0 Å². The van der Waals surface area contributed by atoms with Gasteiger partial charge in [-0.05, 0) is 50.8 Å². The zero-order valence-corrected chi connectivity index (χ0v) is 11.7. The van der Waals surface area contributed by atoms with Gasteiger partial charge in [0.15, 0.2) is 0 Å². The van der Waals surface area contributed by atoms with E-state index in [0.29, 0.717) is 5.02 Å². The van der Waals surface area contributed by atoms with Crippen LogP contribution in [-0.2, 0) is 0 Å². The second-order valence-electron chi connectivity index (χ2n) is 4.46. The summed E-state index contributed by atoms with van der Waals surface area (Å²) in [6.45, 7) is 6.36. The van der Waals surface area contributed by atoms with Gasteiger partial charge in [-0.25, -0.2) is 0 Å². The van der Waals surface area contributed by atoms with Gasteiger partial charge >= 0.3 is 0 Å². The van der Waals surface area contributed by atoms with E-state index in [1.807, 2.05) is 31.2 Å². The fourth-order valence-electron chi connectivity index (χ4n) is 1.76. The smallest absolute Gasteiger partial charge is 0.124 e. The third-order valence-corrected chi connectivity index (χ3v) is 3.01. The second-order valence-corrected chi connectivity index (χ2v) is 4.89. The van der Waals surface area contributed by atoms with Crippen LogP contribution in [0.2, 0.25) is 5.02 Å². The maximum Gasteiger partial charge on any atom is 0.124 e. The highest BCUT2D eigenvalue weighted by molar-refractivity contribution is 6.30. The molecular formula is C15H22ClNO. The van der Waals surface area contributed by atoms with E-state index >= 15 is 0 Å². The summed E-state index contributed by atoms with van der Waals surface area (Å²) in [6, 6.07) is 5.53. The summed E-state index contributed by atoms with van der Waals surface area (Å²) < 4.78 is 5.77. The molecule has 100 valence electrons. The Bertz CT molecular complexity index is 377. The molecule has 0 spiro atoms. The number of nitrogens with two attached hydrogens (primary N) is 1. The Hall–Kier alpha value is -0.990. The number of unbranched alkanes of at least 4 members (excludes halogenated alkanes) is 3. The molecule has 0 fully saturated rings. The molecule has 3 heteroatoms. The molecule has 2 N–H and O–H groups in total. The number of benzene rings is 1. The number of allylic oxidation sites excluding steroid dienone is 1. The molecule has 18 heavy (non-hydrogen) atoms. The van der Waals surface area contributed by atoms with E-state index in [1.54, 1.807) is 0 Å². The number of halogens is 1. The Labute approximate surface area is 115 Å². The summed E-state index contributed by atoms with van der Waals surface area (Å²) in [5.41, 5.74) is 6.87. The quantitative estimate of drug-likeness (QED) is 0.557. The highest BCUT2D eigenvalue weighted by Crippen LogP contribution is 2.27. The van der Waals surface area contributed by atoms with Crippen molar-refractivity contribution in [3.05, 3.63) is 41.4 Å². The van der Waals surface area contributed by atoms with Crippen molar-refractivity contribution >= 4 is 11.6 Å². The van der Waals surface area contributed by atoms with Gasteiger partial charge in [-0.15, -0.1) is 6.58 Å². The minimum atomic E-state index is -0.0699. The zero-order valence-electron chi connectivity index (χ0n) is 11.0. The number of rotatable bonds is 8. The molecule has 0 saturated heterocycles. The molecule has 0 saturated carbocycles. The first-order valence-corrected chi connectivity index (χ1v) is 6.81. The van der Waals surface area contributed by atoms with Crippen LogP contribution in [0.1, 0.15) is 44.2 Å². The first-order valence-electron chi connectivity index (χ1n) is 6.44. The van der Waals surface area contributed by atoms with Gasteiger partial charge < -0.3 is 10.5 Å². The highest BCUT2D eigenvalue weighted by atomic mass is 35.5. The molecule has 1 aromatic rings. The van der Waals surface area contributed by atoms with Crippen LogP contribution < -0.4 is 10.5 Å². The number of hydrogen-bond acceptors (Lipinski definition) is 2. The van der Waals surface area contributed by atoms with Gasteiger partial charge in [0.05, 0.1) is 6.61 Å². The van der Waals surface area contributed by atoms with E-state index in [4.69, 9.17) is 22.1 Å². The highest BCUT2D eigenvalue weighted by Gasteiger charge is 2.08. The van der Waals surface area contributed by atoms with E-state index < -0.39 is 0 Å². The van der Waals surface area contributed by atoms with Gasteiger partial charge in [-0.3, -0.25) is 0 Å². The SMILES string of the molecule is C=CCCCCCOc1ccc(Cl)cc1C(C)N. The lowest BCUT2D eigenvalue weighted by Gasteiger charge is -2.14. The van der Waals surface area contributed by atoms with E-state index in [9.17, 15) is 0 Å². The lowest BCUT2D eigenvalue weighted by atomic mass is 10.1. The Morgan fingerprint density at radius 1 is 1.39 bits per heavy atom. The standard InChI is InChI=1S/C15H22ClNO/c1-3-4-5-6-7-10-18-15-9-8-13(16)11-14(15)12(2)17/h3,8-9,11-12H,1,4-7,10,17H2,2H3. The lowest BCUT2D eigenvalue weighted by Crippen LogP contribution is -2.08. The molecule has 0 bridgehead atoms. The third-order valence-electron chi connectivity index (χ3n) is 2.77. The van der Waals surface area contributed by atoms with Gasteiger partial charge in [0, 0.05) is 16.6 Å². The van der Waals surface area contributed by atoms with Crippen molar-refractivity contribution in [2.75, 3.05) is 6.61 Å². The molecule has 0 amide bonds. The van der Waals surface area contributed by atoms with Crippen LogP contribution in [0.3, 0.4) is 0 Å². The Balaban J connectivity index is 2.44. The van der Waals surface area contributed by atoms with E-state index in [1.165, 1.54) is 6.42 Å². The monoisotopic (exact) mass is 267 g/mol. The summed E-state index contributed by atoms with van der Waals surface area (Å²) in [5, 5.41) is 0.695. The van der Waals surface area contributed by atoms with Crippen LogP contribution in [0.4, 0.5) is 0 Å². The molecule has 0 aliphatic rings. The summed E-state index contributed by atoms with van der Waals surface area (Å²) in [4.78, 5) is 0. The van der Waals surface area contributed by atoms with E-state index in [-0.39, 0.29) is 6.04 Å². The normalized spacial score (nSPS) is 12.2. The molecule has 1 aromatic carbocycles. The van der Waals surface area contributed by atoms with Gasteiger partial charge in [0.2, 0.25) is 0 Å². The van der Waals surface area contributed by atoms with E-state index in [0.717, 1.165) is 37.2 Å². The van der Waals surface area contributed by atoms with Crippen molar-refractivity contribution in [2.24, 2.45) is 5.73 Å². The van der Waals surface area contributed by atoms with Crippen LogP contribution >= 0.6 is 11.6 Å². The molecule has 0 heterocycles. The van der Waals surface area contributed by atoms with Crippen molar-refractivity contribution in [1.29, 1.82) is 0 Å². The molecular weight excluding hydrogens is 246 g/mol. The van der Waals surface area contributed by atoms with Gasteiger partial charge in [0.25, 0.3) is 0 Å². The second kappa shape index (κ2) is 8.17. The molecule has 0 aliphatic carbocycles. The van der Waals surface area contributed by atoms with Crippen LogP contribution in [0, 0.1) is 0 Å². The number of hydrogen-bond donors (Lipinski definition) is 1. The van der Waals surface area contributed by atoms with Crippen molar-refractivity contribution in [2.45, 2.75) is 38.6 Å². The van der Waals surface area contributed by atoms with Crippen molar-refractivity contribution in [1.82, 2.24) is 0 Å². The molecule has 2 nitrogen and oxygen atoms in total. The summed E-state index contributed by atoms with van der Waals surface area (Å²) in [6.07, 6.45) is 6.41. The maximum atomic E-state index is 5.96. The number of ether oxygens (including phenoxy) is 1. The molecule has 1 unspecified atom stereocenters. The lowest BCUT2D eigenvalue weighted by molar-refractivity contribution is 0.301. The Kier molecular flexibility index (Phi) is 6.84. The molecule has 0 aliphatic heterocycles. The Morgan fingerprint density at radius 2 is 2.17 bits per heavy atom. The third kappa shape index (κ3) is 5.11. The minimum Gasteiger partial charge on any atom is -0.493 e. The first-order chi connectivity index (χ1) is 8.65. The predicted octanol–water partition coefficient (Wildman–Crippen LogP) is 4.48. The summed E-state index contributed by atoms with van der Waals surface area (Å²) >= 11 is 5.96. The molecule has 1 rings (SSSR count). The van der Waals surface area contributed by atoms with Crippen molar-refractivity contribution in [3.63, 3.8) is 0 Å². The summed E-state index contributed by atoms with van der Waals surface area (Å²) in [7, 11) is 0. The van der Waals surface area contributed by atoms with Gasteiger partial charge in [0.1, 0.15) is 5.75 Å². The van der Waals surface area contributed by atoms with Gasteiger partial charge in [-0.1, -0.05) is 17.7 Å². The molecule has 1 atom stereocenters. The predicted molar refractivity (Wildman–Crippen MR) is 78.2 cm³/mol. The summed E-state index contributed by atoms with van der Waals surface area (Å²) in [5.74, 6) is 0.845. The largest absolute Gasteiger partial charge is 0.493 e. The maximum absolute atomic E-state index is 5.96. The Morgan fingerprint density at radius 3 is 2.83 bits per heavy atom.